The lowest BCUT2D eigenvalue weighted by atomic mass is 9.85. The maximum absolute atomic E-state index is 12.6. The highest BCUT2D eigenvalue weighted by molar-refractivity contribution is 5.93. The summed E-state index contributed by atoms with van der Waals surface area (Å²) >= 11 is 0. The Kier molecular flexibility index (Phi) is 7.32. The van der Waals surface area contributed by atoms with E-state index in [0.717, 1.165) is 23.2 Å². The lowest BCUT2D eigenvalue weighted by Crippen LogP contribution is -2.36. The second kappa shape index (κ2) is 9.49. The maximum Gasteiger partial charge on any atom is 0.224 e. The second-order valence-corrected chi connectivity index (χ2v) is 8.11. The topological polar surface area (TPSA) is 53.5 Å². The summed E-state index contributed by atoms with van der Waals surface area (Å²) in [6.45, 7) is 8.95. The van der Waals surface area contributed by atoms with Gasteiger partial charge >= 0.3 is 0 Å². The molecule has 0 unspecified atom stereocenters. The summed E-state index contributed by atoms with van der Waals surface area (Å²) in [7, 11) is 1.81. The van der Waals surface area contributed by atoms with E-state index >= 15 is 0 Å². The van der Waals surface area contributed by atoms with Gasteiger partial charge in [-0.15, -0.1) is 0 Å². The average Bonchev–Trinajstić information content (AvgIpc) is 2.66. The number of benzene rings is 1. The van der Waals surface area contributed by atoms with Gasteiger partial charge in [-0.05, 0) is 41.2 Å². The van der Waals surface area contributed by atoms with E-state index in [-0.39, 0.29) is 17.2 Å². The van der Waals surface area contributed by atoms with Crippen molar-refractivity contribution < 1.29 is 9.59 Å². The summed E-state index contributed by atoms with van der Waals surface area (Å²) in [5.74, 6) is -0.0162. The Morgan fingerprint density at radius 1 is 1.00 bits per heavy atom. The zero-order valence-corrected chi connectivity index (χ0v) is 17.6. The summed E-state index contributed by atoms with van der Waals surface area (Å²) in [5.41, 5.74) is 3.05. The van der Waals surface area contributed by atoms with Gasteiger partial charge in [0, 0.05) is 51.6 Å². The summed E-state index contributed by atoms with van der Waals surface area (Å²) < 4.78 is 0. The van der Waals surface area contributed by atoms with Gasteiger partial charge < -0.3 is 9.80 Å². The third-order valence-corrected chi connectivity index (χ3v) is 4.84. The number of aromatic nitrogens is 1. The number of carbonyl (C=O) groups excluding carboxylic acids is 2. The van der Waals surface area contributed by atoms with Crippen molar-refractivity contribution in [3.05, 3.63) is 59.9 Å². The van der Waals surface area contributed by atoms with Gasteiger partial charge in [-0.25, -0.2) is 0 Å². The van der Waals surface area contributed by atoms with Crippen molar-refractivity contribution >= 4 is 17.5 Å². The van der Waals surface area contributed by atoms with Gasteiger partial charge in [0.1, 0.15) is 0 Å². The van der Waals surface area contributed by atoms with Crippen molar-refractivity contribution in [1.82, 2.24) is 9.88 Å². The highest BCUT2D eigenvalue weighted by Gasteiger charge is 2.23. The molecule has 150 valence electrons. The van der Waals surface area contributed by atoms with E-state index in [9.17, 15) is 9.59 Å². The van der Waals surface area contributed by atoms with Crippen molar-refractivity contribution in [3.63, 3.8) is 0 Å². The van der Waals surface area contributed by atoms with Crippen LogP contribution in [0.15, 0.2) is 48.8 Å². The molecule has 0 aliphatic rings. The van der Waals surface area contributed by atoms with Crippen LogP contribution in [0.2, 0.25) is 0 Å². The molecule has 1 aromatic heterocycles. The number of amides is 2. The normalized spacial score (nSPS) is 11.2. The van der Waals surface area contributed by atoms with Gasteiger partial charge in [0.15, 0.2) is 0 Å². The fourth-order valence-electron chi connectivity index (χ4n) is 3.16. The molecule has 2 rings (SSSR count). The van der Waals surface area contributed by atoms with Crippen LogP contribution in [-0.4, -0.2) is 41.8 Å². The molecule has 28 heavy (non-hydrogen) atoms. The Bertz CT molecular complexity index is 797. The number of hydrogen-bond donors (Lipinski definition) is 0. The molecule has 0 N–H and O–H groups in total. The Morgan fingerprint density at radius 3 is 2.25 bits per heavy atom. The van der Waals surface area contributed by atoms with Gasteiger partial charge in [-0.3, -0.25) is 14.6 Å². The second-order valence-electron chi connectivity index (χ2n) is 8.11. The third kappa shape index (κ3) is 5.91. The third-order valence-electron chi connectivity index (χ3n) is 4.84. The highest BCUT2D eigenvalue weighted by atomic mass is 16.2. The standard InChI is InChI=1S/C23H31N3O2/c1-18(27)26(21-9-7-6-8-20(21)23(2,3)4)17-13-22(28)25(5)16-12-19-10-14-24-15-11-19/h6-11,14-15H,12-13,16-17H2,1-5H3. The van der Waals surface area contributed by atoms with E-state index in [1.54, 1.807) is 29.1 Å². The molecule has 0 fully saturated rings. The Balaban J connectivity index is 2.02. The molecular formula is C23H31N3O2. The average molecular weight is 382 g/mol. The predicted molar refractivity (Wildman–Crippen MR) is 113 cm³/mol. The molecule has 0 radical (unpaired) electrons. The SMILES string of the molecule is CC(=O)N(CCC(=O)N(C)CCc1ccncc1)c1ccccc1C(C)(C)C. The first-order chi connectivity index (χ1) is 13.2. The van der Waals surface area contributed by atoms with Gasteiger partial charge in [-0.1, -0.05) is 39.0 Å². The largest absolute Gasteiger partial charge is 0.345 e. The van der Waals surface area contributed by atoms with Crippen molar-refractivity contribution in [2.24, 2.45) is 0 Å². The van der Waals surface area contributed by atoms with Gasteiger partial charge in [-0.2, -0.15) is 0 Å². The van der Waals surface area contributed by atoms with Crippen LogP contribution in [-0.2, 0) is 21.4 Å². The van der Waals surface area contributed by atoms with Crippen molar-refractivity contribution in [2.45, 2.75) is 46.0 Å². The van der Waals surface area contributed by atoms with Crippen LogP contribution in [0.25, 0.3) is 0 Å². The predicted octanol–water partition coefficient (Wildman–Crippen LogP) is 3.82. The van der Waals surface area contributed by atoms with Crippen LogP contribution in [0.4, 0.5) is 5.69 Å². The molecule has 0 spiro atoms. The quantitative estimate of drug-likeness (QED) is 0.733. The number of pyridine rings is 1. The highest BCUT2D eigenvalue weighted by Crippen LogP contribution is 2.32. The number of likely N-dealkylation sites (N-methyl/N-ethyl adjacent to an activating group) is 1. The number of anilines is 1. The molecule has 0 aliphatic heterocycles. The summed E-state index contributed by atoms with van der Waals surface area (Å²) in [5, 5.41) is 0. The Labute approximate surface area is 168 Å². The number of nitrogens with zero attached hydrogens (tertiary/aromatic N) is 3. The first kappa shape index (κ1) is 21.6. The van der Waals surface area contributed by atoms with Gasteiger partial charge in [0.2, 0.25) is 11.8 Å². The van der Waals surface area contributed by atoms with Crippen LogP contribution in [0.3, 0.4) is 0 Å². The van der Waals surface area contributed by atoms with Crippen LogP contribution in [0.1, 0.15) is 45.2 Å². The number of hydrogen-bond acceptors (Lipinski definition) is 3. The molecular weight excluding hydrogens is 350 g/mol. The molecule has 0 aliphatic carbocycles. The molecule has 0 saturated carbocycles. The molecule has 1 aromatic carbocycles. The Hall–Kier alpha value is -2.69. The van der Waals surface area contributed by atoms with Crippen LogP contribution in [0.5, 0.6) is 0 Å². The monoisotopic (exact) mass is 381 g/mol. The van der Waals surface area contributed by atoms with E-state index in [4.69, 9.17) is 0 Å². The van der Waals surface area contributed by atoms with Crippen LogP contribution in [0, 0.1) is 0 Å². The lowest BCUT2D eigenvalue weighted by molar-refractivity contribution is -0.129. The number of carbonyl (C=O) groups is 2. The maximum atomic E-state index is 12.6. The minimum absolute atomic E-state index is 0.0357. The number of rotatable bonds is 7. The first-order valence-corrected chi connectivity index (χ1v) is 9.70. The van der Waals surface area contributed by atoms with Gasteiger partial charge in [0.05, 0.1) is 0 Å². The zero-order valence-electron chi connectivity index (χ0n) is 17.6. The van der Waals surface area contributed by atoms with E-state index in [1.807, 2.05) is 43.4 Å². The van der Waals surface area contributed by atoms with Crippen LogP contribution >= 0.6 is 0 Å². The van der Waals surface area contributed by atoms with Gasteiger partial charge in [0.25, 0.3) is 0 Å². The molecule has 1 heterocycles. The fraction of sp³-hybridized carbons (Fsp3) is 0.435. The number of para-hydroxylation sites is 1. The Morgan fingerprint density at radius 2 is 1.64 bits per heavy atom. The van der Waals surface area contributed by atoms with E-state index in [1.165, 1.54) is 0 Å². The smallest absolute Gasteiger partial charge is 0.224 e. The van der Waals surface area contributed by atoms with Crippen molar-refractivity contribution in [3.8, 4) is 0 Å². The first-order valence-electron chi connectivity index (χ1n) is 9.70. The van der Waals surface area contributed by atoms with E-state index in [0.29, 0.717) is 19.5 Å². The van der Waals surface area contributed by atoms with Crippen molar-refractivity contribution in [1.29, 1.82) is 0 Å². The van der Waals surface area contributed by atoms with E-state index in [2.05, 4.69) is 25.8 Å². The minimum atomic E-state index is -0.0877. The van der Waals surface area contributed by atoms with Crippen molar-refractivity contribution in [2.75, 3.05) is 25.0 Å². The fourth-order valence-corrected chi connectivity index (χ4v) is 3.16. The molecule has 5 heteroatoms. The summed E-state index contributed by atoms with van der Waals surface area (Å²) in [6, 6.07) is 11.8. The molecule has 5 nitrogen and oxygen atoms in total. The summed E-state index contributed by atoms with van der Waals surface area (Å²) in [6.07, 6.45) is 4.60. The molecule has 0 bridgehead atoms. The molecule has 0 atom stereocenters. The van der Waals surface area contributed by atoms with Crippen LogP contribution < -0.4 is 4.90 Å². The molecule has 2 amide bonds. The molecule has 0 saturated heterocycles. The summed E-state index contributed by atoms with van der Waals surface area (Å²) in [4.78, 5) is 32.3. The minimum Gasteiger partial charge on any atom is -0.345 e. The lowest BCUT2D eigenvalue weighted by Gasteiger charge is -2.30. The molecule has 2 aromatic rings. The van der Waals surface area contributed by atoms with E-state index < -0.39 is 0 Å². The zero-order chi connectivity index (χ0) is 20.7.